The lowest BCUT2D eigenvalue weighted by Gasteiger charge is -2.27. The van der Waals surface area contributed by atoms with Gasteiger partial charge < -0.3 is 10.2 Å². The van der Waals surface area contributed by atoms with Crippen LogP contribution in [0.3, 0.4) is 0 Å². The smallest absolute Gasteiger partial charge is 0.0540 e. The van der Waals surface area contributed by atoms with Crippen LogP contribution in [0.25, 0.3) is 43.8 Å². The Hall–Kier alpha value is -6.12. The number of hydrogen-bond donors (Lipinski definition) is 1. The lowest BCUT2D eigenvalue weighted by Crippen LogP contribution is -2.10. The zero-order chi connectivity index (χ0) is 32.5. The molecule has 8 aromatic carbocycles. The molecule has 0 heterocycles. The Morgan fingerprint density at radius 2 is 1.00 bits per heavy atom. The van der Waals surface area contributed by atoms with Crippen LogP contribution in [0.2, 0.25) is 0 Å². The van der Waals surface area contributed by atoms with Gasteiger partial charge in [-0.1, -0.05) is 127 Å². The van der Waals surface area contributed by atoms with Crippen LogP contribution >= 0.6 is 0 Å². The van der Waals surface area contributed by atoms with E-state index in [1.165, 1.54) is 54.9 Å². The molecule has 0 saturated carbocycles. The Morgan fingerprint density at radius 1 is 0.396 bits per heavy atom. The average Bonchev–Trinajstić information content (AvgIpc) is 3.13. The molecule has 48 heavy (non-hydrogen) atoms. The quantitative estimate of drug-likeness (QED) is 0.192. The Kier molecular flexibility index (Phi) is 7.68. The molecule has 0 aliphatic rings. The summed E-state index contributed by atoms with van der Waals surface area (Å²) < 4.78 is 0. The van der Waals surface area contributed by atoms with Gasteiger partial charge in [0.1, 0.15) is 0 Å². The van der Waals surface area contributed by atoms with Gasteiger partial charge in [0.2, 0.25) is 0 Å². The predicted octanol–water partition coefficient (Wildman–Crippen LogP) is 13.2. The number of nitrogens with one attached hydrogen (secondary N) is 1. The summed E-state index contributed by atoms with van der Waals surface area (Å²) in [7, 11) is 0. The van der Waals surface area contributed by atoms with Crippen LogP contribution in [0.1, 0.15) is 11.1 Å². The zero-order valence-corrected chi connectivity index (χ0v) is 27.2. The van der Waals surface area contributed by atoms with Crippen molar-refractivity contribution in [2.75, 3.05) is 10.2 Å². The first-order valence-corrected chi connectivity index (χ1v) is 16.5. The minimum Gasteiger partial charge on any atom is -0.355 e. The fraction of sp³-hybridized carbons (Fsp3) is 0.0435. The fourth-order valence-corrected chi connectivity index (χ4v) is 6.85. The summed E-state index contributed by atoms with van der Waals surface area (Å²) in [5.41, 5.74) is 12.9. The van der Waals surface area contributed by atoms with Crippen molar-refractivity contribution >= 4 is 50.0 Å². The van der Waals surface area contributed by atoms with Gasteiger partial charge in [0, 0.05) is 28.1 Å². The third kappa shape index (κ3) is 5.59. The largest absolute Gasteiger partial charge is 0.355 e. The van der Waals surface area contributed by atoms with E-state index in [4.69, 9.17) is 0 Å². The Labute approximate surface area is 282 Å². The van der Waals surface area contributed by atoms with Crippen molar-refractivity contribution in [2.45, 2.75) is 13.8 Å². The van der Waals surface area contributed by atoms with Crippen molar-refractivity contribution in [1.29, 1.82) is 0 Å². The molecule has 0 unspecified atom stereocenters. The number of fused-ring (bicyclic) bond motifs is 2. The highest BCUT2D eigenvalue weighted by Gasteiger charge is 2.17. The van der Waals surface area contributed by atoms with E-state index < -0.39 is 0 Å². The lowest BCUT2D eigenvalue weighted by molar-refractivity contribution is 1.30. The molecule has 230 valence electrons. The van der Waals surface area contributed by atoms with E-state index in [2.05, 4.69) is 200 Å². The molecule has 0 aliphatic carbocycles. The topological polar surface area (TPSA) is 15.3 Å². The molecule has 0 aliphatic heterocycles. The molecule has 0 amide bonds. The van der Waals surface area contributed by atoms with Crippen LogP contribution in [0.15, 0.2) is 176 Å². The third-order valence-electron chi connectivity index (χ3n) is 9.30. The van der Waals surface area contributed by atoms with Crippen molar-refractivity contribution in [3.05, 3.63) is 187 Å². The molecule has 0 spiro atoms. The molecule has 0 atom stereocenters. The summed E-state index contributed by atoms with van der Waals surface area (Å²) >= 11 is 0. The van der Waals surface area contributed by atoms with Crippen molar-refractivity contribution < 1.29 is 0 Å². The highest BCUT2D eigenvalue weighted by atomic mass is 15.1. The number of hydrogen-bond acceptors (Lipinski definition) is 2. The van der Waals surface area contributed by atoms with Crippen molar-refractivity contribution in [3.8, 4) is 22.3 Å². The van der Waals surface area contributed by atoms with Gasteiger partial charge in [-0.2, -0.15) is 0 Å². The van der Waals surface area contributed by atoms with Gasteiger partial charge in [-0.25, -0.2) is 0 Å². The van der Waals surface area contributed by atoms with E-state index in [9.17, 15) is 0 Å². The van der Waals surface area contributed by atoms with Crippen LogP contribution in [0.4, 0.5) is 28.4 Å². The average molecular weight is 617 g/mol. The number of anilines is 5. The molecule has 0 saturated heterocycles. The number of rotatable bonds is 7. The highest BCUT2D eigenvalue weighted by Crippen LogP contribution is 2.41. The third-order valence-corrected chi connectivity index (χ3v) is 9.30. The minimum atomic E-state index is 1.03. The summed E-state index contributed by atoms with van der Waals surface area (Å²) in [5, 5.41) is 8.65. The SMILES string of the molecule is Cc1ccccc1-c1cc(Nc2cccc(N(c3ccc(-c4cccc5ccccc45)cc3)c3cccc4ccccc34)c2)ccc1C. The van der Waals surface area contributed by atoms with Crippen LogP contribution in [0, 0.1) is 13.8 Å². The van der Waals surface area contributed by atoms with Crippen molar-refractivity contribution in [3.63, 3.8) is 0 Å². The fourth-order valence-electron chi connectivity index (χ4n) is 6.85. The standard InChI is InChI=1S/C46H36N2/c1-32-12-3-6-19-41(32)45-31-38(27-24-33(45)2)47-37-17-11-18-40(30-37)48(46-23-10-16-35-14-5-8-21-44(35)46)39-28-25-36(26-29-39)43-22-9-15-34-13-4-7-20-42(34)43/h3-31,47H,1-2H3. The van der Waals surface area contributed by atoms with E-state index in [1.807, 2.05) is 0 Å². The Balaban J connectivity index is 1.20. The van der Waals surface area contributed by atoms with Crippen LogP contribution in [0.5, 0.6) is 0 Å². The van der Waals surface area contributed by atoms with Gasteiger partial charge in [0.15, 0.2) is 0 Å². The van der Waals surface area contributed by atoms with Gasteiger partial charge in [-0.15, -0.1) is 0 Å². The first-order chi connectivity index (χ1) is 23.6. The molecule has 8 rings (SSSR count). The second-order valence-electron chi connectivity index (χ2n) is 12.4. The molecule has 0 bridgehead atoms. The van der Waals surface area contributed by atoms with E-state index >= 15 is 0 Å². The van der Waals surface area contributed by atoms with Crippen LogP contribution < -0.4 is 10.2 Å². The van der Waals surface area contributed by atoms with E-state index in [-0.39, 0.29) is 0 Å². The number of aryl methyl sites for hydroxylation is 2. The van der Waals surface area contributed by atoms with Gasteiger partial charge in [0.05, 0.1) is 5.69 Å². The lowest BCUT2D eigenvalue weighted by atomic mass is 9.96. The maximum absolute atomic E-state index is 3.72. The second kappa shape index (κ2) is 12.6. The molecule has 0 fully saturated rings. The first-order valence-electron chi connectivity index (χ1n) is 16.5. The summed E-state index contributed by atoms with van der Waals surface area (Å²) in [5.74, 6) is 0. The van der Waals surface area contributed by atoms with Gasteiger partial charge in [-0.3, -0.25) is 0 Å². The zero-order valence-electron chi connectivity index (χ0n) is 27.2. The van der Waals surface area contributed by atoms with Gasteiger partial charge in [-0.05, 0) is 112 Å². The summed E-state index contributed by atoms with van der Waals surface area (Å²) in [6.07, 6.45) is 0. The summed E-state index contributed by atoms with van der Waals surface area (Å²) in [6.45, 7) is 4.36. The maximum atomic E-state index is 3.72. The van der Waals surface area contributed by atoms with Crippen LogP contribution in [-0.2, 0) is 0 Å². The van der Waals surface area contributed by atoms with Crippen molar-refractivity contribution in [2.24, 2.45) is 0 Å². The van der Waals surface area contributed by atoms with E-state index in [0.717, 1.165) is 28.4 Å². The number of benzene rings is 8. The normalized spacial score (nSPS) is 11.1. The first kappa shape index (κ1) is 29.3. The van der Waals surface area contributed by atoms with Gasteiger partial charge >= 0.3 is 0 Å². The molecule has 0 radical (unpaired) electrons. The van der Waals surface area contributed by atoms with Gasteiger partial charge in [0.25, 0.3) is 0 Å². The molecular formula is C46H36N2. The summed E-state index contributed by atoms with van der Waals surface area (Å²) in [4.78, 5) is 2.37. The minimum absolute atomic E-state index is 1.03. The Bertz CT molecular complexity index is 2390. The molecule has 8 aromatic rings. The number of nitrogens with zero attached hydrogens (tertiary/aromatic N) is 1. The molecule has 2 nitrogen and oxygen atoms in total. The second-order valence-corrected chi connectivity index (χ2v) is 12.4. The maximum Gasteiger partial charge on any atom is 0.0540 e. The highest BCUT2D eigenvalue weighted by molar-refractivity contribution is 6.00. The predicted molar refractivity (Wildman–Crippen MR) is 206 cm³/mol. The van der Waals surface area contributed by atoms with E-state index in [0.29, 0.717) is 0 Å². The Morgan fingerprint density at radius 3 is 1.81 bits per heavy atom. The van der Waals surface area contributed by atoms with Crippen molar-refractivity contribution in [1.82, 2.24) is 0 Å². The molecular weight excluding hydrogens is 581 g/mol. The summed E-state index contributed by atoms with van der Waals surface area (Å²) in [6, 6.07) is 63.2. The molecule has 2 heteroatoms. The molecule has 0 aromatic heterocycles. The van der Waals surface area contributed by atoms with E-state index in [1.54, 1.807) is 0 Å². The monoisotopic (exact) mass is 616 g/mol. The molecule has 1 N–H and O–H groups in total. The van der Waals surface area contributed by atoms with Crippen LogP contribution in [-0.4, -0.2) is 0 Å².